The molecular weight excluding hydrogens is 337 g/mol. The van der Waals surface area contributed by atoms with Crippen molar-refractivity contribution in [3.05, 3.63) is 101 Å². The molecule has 3 nitrogen and oxygen atoms in total. The largest absolute Gasteiger partial charge is 0.357 e. The van der Waals surface area contributed by atoms with Crippen LogP contribution >= 0.6 is 0 Å². The molecule has 4 heteroatoms. The normalized spacial score (nSPS) is 17.1. The first-order valence-corrected chi connectivity index (χ1v) is 9.27. The van der Waals surface area contributed by atoms with Gasteiger partial charge in [-0.15, -0.1) is 0 Å². The standard InChI is InChI=1S/C23H20FN3/c24-18-9-7-17(8-10-18)23-22-20(19-5-1-2-6-21(19)26-22)11-13-27(23)15-16-4-3-12-25-14-16/h1-10,12,14,23,26H,11,13,15H2/t23-/m1/s1. The minimum Gasteiger partial charge on any atom is -0.357 e. The summed E-state index contributed by atoms with van der Waals surface area (Å²) in [6.45, 7) is 1.76. The van der Waals surface area contributed by atoms with E-state index in [4.69, 9.17) is 0 Å². The fourth-order valence-corrected chi connectivity index (χ4v) is 4.21. The topological polar surface area (TPSA) is 31.9 Å². The molecule has 1 aliphatic heterocycles. The van der Waals surface area contributed by atoms with Gasteiger partial charge in [-0.2, -0.15) is 0 Å². The van der Waals surface area contributed by atoms with Crippen molar-refractivity contribution in [3.63, 3.8) is 0 Å². The second kappa shape index (κ2) is 6.63. The summed E-state index contributed by atoms with van der Waals surface area (Å²) in [7, 11) is 0. The first-order valence-electron chi connectivity index (χ1n) is 9.27. The Balaban J connectivity index is 1.62. The number of pyridine rings is 1. The number of H-pyrrole nitrogens is 1. The quantitative estimate of drug-likeness (QED) is 0.568. The van der Waals surface area contributed by atoms with Crippen molar-refractivity contribution < 1.29 is 4.39 Å². The van der Waals surface area contributed by atoms with Crippen LogP contribution < -0.4 is 0 Å². The molecule has 134 valence electrons. The van der Waals surface area contributed by atoms with Gasteiger partial charge in [0.2, 0.25) is 0 Å². The number of aromatic nitrogens is 2. The third kappa shape index (κ3) is 2.92. The lowest BCUT2D eigenvalue weighted by Gasteiger charge is -2.36. The molecule has 1 N–H and O–H groups in total. The summed E-state index contributed by atoms with van der Waals surface area (Å²) >= 11 is 0. The summed E-state index contributed by atoms with van der Waals surface area (Å²) in [4.78, 5) is 10.3. The first-order chi connectivity index (χ1) is 13.3. The van der Waals surface area contributed by atoms with Crippen molar-refractivity contribution in [2.24, 2.45) is 0 Å². The summed E-state index contributed by atoms with van der Waals surface area (Å²) < 4.78 is 13.5. The molecular formula is C23H20FN3. The molecule has 2 aromatic heterocycles. The summed E-state index contributed by atoms with van der Waals surface area (Å²) in [5.74, 6) is -0.203. The number of nitrogens with zero attached hydrogens (tertiary/aromatic N) is 2. The number of rotatable bonds is 3. The summed E-state index contributed by atoms with van der Waals surface area (Å²) in [5, 5.41) is 1.29. The van der Waals surface area contributed by atoms with Crippen LogP contribution in [0.1, 0.15) is 28.4 Å². The van der Waals surface area contributed by atoms with Crippen LogP contribution in [0.3, 0.4) is 0 Å². The van der Waals surface area contributed by atoms with Crippen LogP contribution in [0.5, 0.6) is 0 Å². The fourth-order valence-electron chi connectivity index (χ4n) is 4.21. The molecule has 1 atom stereocenters. The van der Waals surface area contributed by atoms with Gasteiger partial charge in [-0.25, -0.2) is 4.39 Å². The Morgan fingerprint density at radius 3 is 2.70 bits per heavy atom. The van der Waals surface area contributed by atoms with Crippen LogP contribution in [0.15, 0.2) is 73.1 Å². The summed E-state index contributed by atoms with van der Waals surface area (Å²) in [5.41, 5.74) is 6.05. The highest BCUT2D eigenvalue weighted by atomic mass is 19.1. The molecule has 27 heavy (non-hydrogen) atoms. The molecule has 0 bridgehead atoms. The number of benzene rings is 2. The molecule has 0 unspecified atom stereocenters. The molecule has 0 aliphatic carbocycles. The molecule has 0 amide bonds. The van der Waals surface area contributed by atoms with Gasteiger partial charge >= 0.3 is 0 Å². The van der Waals surface area contributed by atoms with Crippen molar-refractivity contribution in [2.45, 2.75) is 19.0 Å². The fraction of sp³-hybridized carbons (Fsp3) is 0.174. The predicted molar refractivity (Wildman–Crippen MR) is 105 cm³/mol. The van der Waals surface area contributed by atoms with Crippen LogP contribution in [0.4, 0.5) is 4.39 Å². The minimum absolute atomic E-state index is 0.0713. The Bertz CT molecular complexity index is 1070. The number of aromatic amines is 1. The SMILES string of the molecule is Fc1ccc([C@@H]2c3[nH]c4ccccc4c3CCN2Cc2cccnc2)cc1. The van der Waals surface area contributed by atoms with Crippen LogP contribution in [0.2, 0.25) is 0 Å². The molecule has 1 aliphatic rings. The zero-order valence-corrected chi connectivity index (χ0v) is 14.9. The van der Waals surface area contributed by atoms with Crippen molar-refractivity contribution in [3.8, 4) is 0 Å². The third-order valence-corrected chi connectivity index (χ3v) is 5.43. The number of para-hydroxylation sites is 1. The Labute approximate surface area is 157 Å². The second-order valence-electron chi connectivity index (χ2n) is 7.10. The van der Waals surface area contributed by atoms with Gasteiger partial charge in [0.25, 0.3) is 0 Å². The van der Waals surface area contributed by atoms with Crippen LogP contribution in [-0.2, 0) is 13.0 Å². The second-order valence-corrected chi connectivity index (χ2v) is 7.10. The molecule has 0 fully saturated rings. The zero-order valence-electron chi connectivity index (χ0n) is 14.9. The highest BCUT2D eigenvalue weighted by Gasteiger charge is 2.31. The van der Waals surface area contributed by atoms with E-state index in [1.54, 1.807) is 18.3 Å². The van der Waals surface area contributed by atoms with E-state index in [0.29, 0.717) is 0 Å². The number of nitrogens with one attached hydrogen (secondary N) is 1. The molecule has 0 spiro atoms. The van der Waals surface area contributed by atoms with Gasteiger partial charge in [0, 0.05) is 42.1 Å². The van der Waals surface area contributed by atoms with Gasteiger partial charge in [0.1, 0.15) is 5.82 Å². The molecule has 0 saturated heterocycles. The number of halogens is 1. The smallest absolute Gasteiger partial charge is 0.123 e. The Morgan fingerprint density at radius 1 is 1.04 bits per heavy atom. The van der Waals surface area contributed by atoms with E-state index in [-0.39, 0.29) is 11.9 Å². The lowest BCUT2D eigenvalue weighted by molar-refractivity contribution is 0.201. The summed E-state index contributed by atoms with van der Waals surface area (Å²) in [6, 6.07) is 19.5. The van der Waals surface area contributed by atoms with E-state index < -0.39 is 0 Å². The van der Waals surface area contributed by atoms with E-state index in [0.717, 1.165) is 30.6 Å². The summed E-state index contributed by atoms with van der Waals surface area (Å²) in [6.07, 6.45) is 4.71. The van der Waals surface area contributed by atoms with Crippen LogP contribution in [-0.4, -0.2) is 21.4 Å². The Morgan fingerprint density at radius 2 is 1.89 bits per heavy atom. The van der Waals surface area contributed by atoms with Gasteiger partial charge in [0.15, 0.2) is 0 Å². The highest BCUT2D eigenvalue weighted by molar-refractivity contribution is 5.85. The lowest BCUT2D eigenvalue weighted by Crippen LogP contribution is -2.35. The average Bonchev–Trinajstić information content (AvgIpc) is 3.08. The maximum absolute atomic E-state index is 13.5. The van der Waals surface area contributed by atoms with E-state index in [1.807, 2.05) is 24.4 Å². The number of fused-ring (bicyclic) bond motifs is 3. The van der Waals surface area contributed by atoms with Gasteiger partial charge in [-0.3, -0.25) is 9.88 Å². The monoisotopic (exact) mass is 357 g/mol. The third-order valence-electron chi connectivity index (χ3n) is 5.43. The van der Waals surface area contributed by atoms with E-state index >= 15 is 0 Å². The molecule has 2 aromatic carbocycles. The van der Waals surface area contributed by atoms with Gasteiger partial charge in [0.05, 0.1) is 6.04 Å². The Hall–Kier alpha value is -2.98. The van der Waals surface area contributed by atoms with E-state index in [1.165, 1.54) is 22.2 Å². The molecule has 4 aromatic rings. The molecule has 3 heterocycles. The molecule has 0 radical (unpaired) electrons. The van der Waals surface area contributed by atoms with Crippen molar-refractivity contribution >= 4 is 10.9 Å². The number of hydrogen-bond acceptors (Lipinski definition) is 2. The van der Waals surface area contributed by atoms with Crippen molar-refractivity contribution in [1.82, 2.24) is 14.9 Å². The zero-order chi connectivity index (χ0) is 18.2. The molecule has 0 saturated carbocycles. The average molecular weight is 357 g/mol. The van der Waals surface area contributed by atoms with Crippen LogP contribution in [0, 0.1) is 5.82 Å². The lowest BCUT2D eigenvalue weighted by atomic mass is 9.92. The van der Waals surface area contributed by atoms with Crippen molar-refractivity contribution in [1.29, 1.82) is 0 Å². The van der Waals surface area contributed by atoms with E-state index in [9.17, 15) is 4.39 Å². The van der Waals surface area contributed by atoms with Crippen LogP contribution in [0.25, 0.3) is 10.9 Å². The van der Waals surface area contributed by atoms with Crippen molar-refractivity contribution in [2.75, 3.05) is 6.54 Å². The van der Waals surface area contributed by atoms with Gasteiger partial charge in [-0.05, 0) is 47.4 Å². The van der Waals surface area contributed by atoms with E-state index in [2.05, 4.69) is 45.2 Å². The highest BCUT2D eigenvalue weighted by Crippen LogP contribution is 2.39. The van der Waals surface area contributed by atoms with Gasteiger partial charge < -0.3 is 4.98 Å². The molecule has 5 rings (SSSR count). The Kier molecular flexibility index (Phi) is 3.98. The van der Waals surface area contributed by atoms with Gasteiger partial charge in [-0.1, -0.05) is 36.4 Å². The minimum atomic E-state index is -0.203. The first kappa shape index (κ1) is 16.2. The predicted octanol–water partition coefficient (Wildman–Crippen LogP) is 4.85. The maximum Gasteiger partial charge on any atom is 0.123 e. The maximum atomic E-state index is 13.5. The number of hydrogen-bond donors (Lipinski definition) is 1.